The monoisotopic (exact) mass is 726 g/mol. The average molecular weight is 726 g/mol. The molecule has 0 N–H and O–H groups in total. The van der Waals surface area contributed by atoms with Gasteiger partial charge in [0.1, 0.15) is 0 Å². The molecule has 0 unspecified atom stereocenters. The van der Waals surface area contributed by atoms with Crippen molar-refractivity contribution in [3.8, 4) is 0 Å². The summed E-state index contributed by atoms with van der Waals surface area (Å²) < 4.78 is 299. The Labute approximate surface area is 234 Å². The minimum atomic E-state index is -7.76. The summed E-state index contributed by atoms with van der Waals surface area (Å²) in [4.78, 5) is 0. The second kappa shape index (κ2) is 10.5. The van der Waals surface area contributed by atoms with Crippen molar-refractivity contribution in [1.29, 1.82) is 0 Å². The summed E-state index contributed by atoms with van der Waals surface area (Å²) >= 11 is 0. The van der Waals surface area contributed by atoms with Crippen LogP contribution in [0.4, 0.5) is 87.8 Å². The minimum absolute atomic E-state index is 0.0726. The van der Waals surface area contributed by atoms with E-state index in [4.69, 9.17) is 0 Å². The molecule has 2 aromatic rings. The molecule has 0 radical (unpaired) electrons. The molecular weight excluding hydrogens is 716 g/mol. The van der Waals surface area contributed by atoms with Gasteiger partial charge in [0.05, 0.1) is 17.3 Å². The number of rotatable bonds is 12. The lowest BCUT2D eigenvalue weighted by Gasteiger charge is -2.36. The Kier molecular flexibility index (Phi) is 8.90. The molecule has 0 fully saturated rings. The van der Waals surface area contributed by atoms with Crippen molar-refractivity contribution in [2.45, 2.75) is 70.3 Å². The zero-order chi connectivity index (χ0) is 35.9. The van der Waals surface area contributed by atoms with Gasteiger partial charge in [-0.05, 0) is 0 Å². The lowest BCUT2D eigenvalue weighted by molar-refractivity contribution is -0.387. The molecular formula is C18H10F20N4O2S. The highest BCUT2D eigenvalue weighted by Crippen LogP contribution is 2.60. The minimum Gasteiger partial charge on any atom is -0.274 e. The fourth-order valence-electron chi connectivity index (χ4n) is 3.36. The van der Waals surface area contributed by atoms with E-state index >= 15 is 0 Å². The fraction of sp³-hybridized carbons (Fsp3) is 0.667. The smallest absolute Gasteiger partial charge is 0.274 e. The number of hydrogen-bond acceptors (Lipinski definition) is 4. The van der Waals surface area contributed by atoms with E-state index in [1.165, 1.54) is 0 Å². The number of aromatic nitrogens is 4. The standard InChI is InChI=1S/C18H10F20N4O2S/c1-41-4-6(12(25,26)16(33,34)18(37,38)14(29,30)10(21)22)7(40-41)45(43,44)8-5(3-39-42(8)2)11(23,24)15(31,32)17(35,36)13(27,28)9(19)20/h3-4,9-10H,1-2H3. The van der Waals surface area contributed by atoms with Gasteiger partial charge < -0.3 is 0 Å². The highest BCUT2D eigenvalue weighted by molar-refractivity contribution is 7.91. The summed E-state index contributed by atoms with van der Waals surface area (Å²) in [5.41, 5.74) is -6.41. The largest absolute Gasteiger partial charge is 0.384 e. The van der Waals surface area contributed by atoms with E-state index in [9.17, 15) is 96.2 Å². The predicted octanol–water partition coefficient (Wildman–Crippen LogP) is 6.51. The van der Waals surface area contributed by atoms with Crippen LogP contribution in [-0.4, -0.2) is 76.4 Å². The first-order chi connectivity index (χ1) is 19.6. The SMILES string of the molecule is Cn1cc(C(F)(F)C(F)(F)C(F)(F)C(F)(F)C(F)F)c(S(=O)(=O)c2c(C(F)(F)C(F)(F)C(F)(F)C(F)(F)C(F)F)cnn2C)n1. The topological polar surface area (TPSA) is 69.8 Å². The summed E-state index contributed by atoms with van der Waals surface area (Å²) in [6.07, 6.45) is -13.1. The molecule has 260 valence electrons. The van der Waals surface area contributed by atoms with Crippen LogP contribution in [0, 0.1) is 0 Å². The Bertz CT molecular complexity index is 1530. The lowest BCUT2D eigenvalue weighted by Crippen LogP contribution is -2.63. The van der Waals surface area contributed by atoms with E-state index in [1.807, 2.05) is 0 Å². The molecule has 45 heavy (non-hydrogen) atoms. The average Bonchev–Trinajstić information content (AvgIpc) is 3.47. The van der Waals surface area contributed by atoms with E-state index in [0.717, 1.165) is 0 Å². The van der Waals surface area contributed by atoms with Gasteiger partial charge in [0, 0.05) is 20.3 Å². The van der Waals surface area contributed by atoms with Crippen LogP contribution in [-0.2, 0) is 35.8 Å². The van der Waals surface area contributed by atoms with E-state index in [-0.39, 0.29) is 18.8 Å². The van der Waals surface area contributed by atoms with Crippen LogP contribution in [0.2, 0.25) is 0 Å². The number of hydrogen-bond donors (Lipinski definition) is 0. The van der Waals surface area contributed by atoms with Crippen LogP contribution < -0.4 is 0 Å². The van der Waals surface area contributed by atoms with E-state index in [2.05, 4.69) is 10.2 Å². The first-order valence-corrected chi connectivity index (χ1v) is 12.0. The second-order valence-corrected chi connectivity index (χ2v) is 10.6. The molecule has 0 spiro atoms. The maximum atomic E-state index is 14.8. The van der Waals surface area contributed by atoms with Crippen LogP contribution in [0.5, 0.6) is 0 Å². The molecule has 0 atom stereocenters. The molecule has 27 heteroatoms. The molecule has 0 saturated heterocycles. The first-order valence-electron chi connectivity index (χ1n) is 10.6. The first kappa shape index (κ1) is 38.2. The van der Waals surface area contributed by atoms with Gasteiger partial charge in [-0.3, -0.25) is 9.36 Å². The molecule has 2 rings (SSSR count). The summed E-state index contributed by atoms with van der Waals surface area (Å²) in [6, 6.07) is 0. The number of sulfone groups is 1. The molecule has 0 aliphatic heterocycles. The van der Waals surface area contributed by atoms with Gasteiger partial charge in [0.15, 0.2) is 10.1 Å². The summed E-state index contributed by atoms with van der Waals surface area (Å²) in [6.45, 7) is 0. The van der Waals surface area contributed by atoms with Crippen LogP contribution in [0.1, 0.15) is 11.1 Å². The maximum Gasteiger partial charge on any atom is 0.384 e. The summed E-state index contributed by atoms with van der Waals surface area (Å²) in [7, 11) is -6.53. The van der Waals surface area contributed by atoms with Crippen LogP contribution in [0.3, 0.4) is 0 Å². The van der Waals surface area contributed by atoms with Gasteiger partial charge in [0.25, 0.3) is 0 Å². The third-order valence-corrected chi connectivity index (χ3v) is 7.63. The molecule has 6 nitrogen and oxygen atoms in total. The van der Waals surface area contributed by atoms with E-state index in [1.54, 1.807) is 0 Å². The zero-order valence-electron chi connectivity index (χ0n) is 20.9. The fourth-order valence-corrected chi connectivity index (χ4v) is 5.11. The highest BCUT2D eigenvalue weighted by atomic mass is 32.2. The van der Waals surface area contributed by atoms with Crippen molar-refractivity contribution < 1.29 is 96.2 Å². The number of halogens is 20. The van der Waals surface area contributed by atoms with Crippen molar-refractivity contribution in [3.63, 3.8) is 0 Å². The maximum absolute atomic E-state index is 14.8. The van der Waals surface area contributed by atoms with E-state index < -0.39 is 108 Å². The van der Waals surface area contributed by atoms with Crippen molar-refractivity contribution in [3.05, 3.63) is 23.5 Å². The molecule has 0 bridgehead atoms. The quantitative estimate of drug-likeness (QED) is 0.234. The Hall–Kier alpha value is -3.03. The van der Waals surface area contributed by atoms with Crippen LogP contribution >= 0.6 is 0 Å². The van der Waals surface area contributed by atoms with Crippen molar-refractivity contribution in [2.75, 3.05) is 0 Å². The molecule has 0 aliphatic rings. The molecule has 0 aromatic carbocycles. The van der Waals surface area contributed by atoms with Gasteiger partial charge in [0.2, 0.25) is 9.84 Å². The van der Waals surface area contributed by atoms with E-state index in [0.29, 0.717) is 0 Å². The van der Waals surface area contributed by atoms with Crippen LogP contribution in [0.15, 0.2) is 22.4 Å². The van der Waals surface area contributed by atoms with Crippen molar-refractivity contribution >= 4 is 9.84 Å². The summed E-state index contributed by atoms with van der Waals surface area (Å²) in [5, 5.41) is -0.596. The van der Waals surface area contributed by atoms with Gasteiger partial charge >= 0.3 is 60.2 Å². The molecule has 0 saturated carbocycles. The molecule has 2 aromatic heterocycles. The van der Waals surface area contributed by atoms with Gasteiger partial charge in [-0.25, -0.2) is 26.0 Å². The van der Waals surface area contributed by atoms with Gasteiger partial charge in [-0.2, -0.15) is 80.4 Å². The molecule has 0 aliphatic carbocycles. The molecule has 2 heterocycles. The highest BCUT2D eigenvalue weighted by Gasteiger charge is 2.85. The Morgan fingerprint density at radius 3 is 1.33 bits per heavy atom. The molecule has 0 amide bonds. The zero-order valence-corrected chi connectivity index (χ0v) is 21.7. The number of alkyl halides is 20. The van der Waals surface area contributed by atoms with Gasteiger partial charge in [-0.1, -0.05) is 0 Å². The lowest BCUT2D eigenvalue weighted by atomic mass is 9.95. The summed E-state index contributed by atoms with van der Waals surface area (Å²) in [5.74, 6) is -59.7. The van der Waals surface area contributed by atoms with Crippen molar-refractivity contribution in [2.24, 2.45) is 14.1 Å². The Balaban J connectivity index is 2.92. The predicted molar refractivity (Wildman–Crippen MR) is 101 cm³/mol. The normalized spacial score (nSPS) is 15.5. The van der Waals surface area contributed by atoms with Crippen LogP contribution in [0.25, 0.3) is 0 Å². The van der Waals surface area contributed by atoms with Gasteiger partial charge in [-0.15, -0.1) is 0 Å². The Morgan fingerprint density at radius 2 is 0.978 bits per heavy atom. The van der Waals surface area contributed by atoms with Crippen molar-refractivity contribution in [1.82, 2.24) is 19.6 Å². The second-order valence-electron chi connectivity index (χ2n) is 8.81. The third-order valence-electron chi connectivity index (χ3n) is 5.83. The number of aryl methyl sites for hydroxylation is 2. The Morgan fingerprint density at radius 1 is 0.622 bits per heavy atom. The number of nitrogens with zero attached hydrogens (tertiary/aromatic N) is 4. The third kappa shape index (κ3) is 4.96.